The van der Waals surface area contributed by atoms with Crippen molar-refractivity contribution in [3.63, 3.8) is 0 Å². The van der Waals surface area contributed by atoms with Crippen LogP contribution in [0.2, 0.25) is 0 Å². The summed E-state index contributed by atoms with van der Waals surface area (Å²) in [5, 5.41) is 3.37. The minimum atomic E-state index is -0.0172. The van der Waals surface area contributed by atoms with Gasteiger partial charge in [0.05, 0.1) is 13.2 Å². The zero-order chi connectivity index (χ0) is 15.2. The molecule has 0 saturated carbocycles. The molecule has 2 rings (SSSR count). The molecule has 1 unspecified atom stereocenters. The van der Waals surface area contributed by atoms with Gasteiger partial charge >= 0.3 is 0 Å². The van der Waals surface area contributed by atoms with Crippen LogP contribution in [0.25, 0.3) is 0 Å². The van der Waals surface area contributed by atoms with E-state index in [-0.39, 0.29) is 11.9 Å². The number of nitrogens with zero attached hydrogens (tertiary/aromatic N) is 1. The first-order chi connectivity index (χ1) is 10.1. The first kappa shape index (κ1) is 15.8. The number of rotatable bonds is 6. The van der Waals surface area contributed by atoms with E-state index in [0.29, 0.717) is 6.04 Å². The lowest BCUT2D eigenvalue weighted by Gasteiger charge is -2.33. The van der Waals surface area contributed by atoms with Gasteiger partial charge in [-0.25, -0.2) is 0 Å². The van der Waals surface area contributed by atoms with Crippen molar-refractivity contribution in [1.82, 2.24) is 10.2 Å². The van der Waals surface area contributed by atoms with Gasteiger partial charge in [0.15, 0.2) is 0 Å². The molecule has 1 aromatic rings. The molecule has 1 fully saturated rings. The number of hydrogen-bond donors (Lipinski definition) is 1. The number of carbonyl (C=O) groups excluding carboxylic acids is 1. The fraction of sp³-hybridized carbons (Fsp3) is 0.588. The Bertz CT molecular complexity index is 474. The molecule has 0 bridgehead atoms. The first-order valence-electron chi connectivity index (χ1n) is 7.78. The van der Waals surface area contributed by atoms with Gasteiger partial charge in [-0.15, -0.1) is 0 Å². The van der Waals surface area contributed by atoms with Crippen LogP contribution in [0.3, 0.4) is 0 Å². The number of likely N-dealkylation sites (tertiary alicyclic amines) is 1. The number of methoxy groups -OCH3 is 1. The van der Waals surface area contributed by atoms with Crippen molar-refractivity contribution in [2.45, 2.75) is 45.2 Å². The molecular formula is C17H26N2O2. The monoisotopic (exact) mass is 290 g/mol. The fourth-order valence-electron chi connectivity index (χ4n) is 2.88. The summed E-state index contributed by atoms with van der Waals surface area (Å²) in [7, 11) is 1.69. The summed E-state index contributed by atoms with van der Waals surface area (Å²) in [6.45, 7) is 5.79. The zero-order valence-electron chi connectivity index (χ0n) is 13.3. The van der Waals surface area contributed by atoms with E-state index < -0.39 is 0 Å². The number of carbonyl (C=O) groups is 1. The summed E-state index contributed by atoms with van der Waals surface area (Å²) in [5.74, 6) is 1.14. The number of nitrogens with one attached hydrogen (secondary N) is 1. The van der Waals surface area contributed by atoms with Crippen molar-refractivity contribution < 1.29 is 9.53 Å². The third-order valence-electron chi connectivity index (χ3n) is 3.91. The van der Waals surface area contributed by atoms with E-state index in [9.17, 15) is 4.79 Å². The summed E-state index contributed by atoms with van der Waals surface area (Å²) in [6, 6.07) is 8.34. The van der Waals surface area contributed by atoms with Gasteiger partial charge in [0.2, 0.25) is 5.91 Å². The van der Waals surface area contributed by atoms with E-state index in [1.165, 1.54) is 0 Å². The number of hydrogen-bond acceptors (Lipinski definition) is 3. The molecule has 0 aliphatic carbocycles. The molecule has 21 heavy (non-hydrogen) atoms. The number of benzene rings is 1. The second kappa shape index (κ2) is 7.46. The number of para-hydroxylation sites is 1. The molecule has 1 saturated heterocycles. The average Bonchev–Trinajstić information content (AvgIpc) is 2.48. The number of amides is 1. The van der Waals surface area contributed by atoms with Crippen LogP contribution < -0.4 is 10.1 Å². The maximum atomic E-state index is 12.5. The highest BCUT2D eigenvalue weighted by molar-refractivity contribution is 5.82. The zero-order valence-corrected chi connectivity index (χ0v) is 13.3. The summed E-state index contributed by atoms with van der Waals surface area (Å²) in [6.07, 6.45) is 2.86. The van der Waals surface area contributed by atoms with E-state index in [1.54, 1.807) is 7.11 Å². The minimum absolute atomic E-state index is 0.0172. The highest BCUT2D eigenvalue weighted by atomic mass is 16.5. The predicted octanol–water partition coefficient (Wildman–Crippen LogP) is 2.23. The summed E-state index contributed by atoms with van der Waals surface area (Å²) in [5.41, 5.74) is 1.16. The molecule has 1 aliphatic heterocycles. The summed E-state index contributed by atoms with van der Waals surface area (Å²) < 4.78 is 5.37. The van der Waals surface area contributed by atoms with Gasteiger partial charge in [-0.3, -0.25) is 4.79 Å². The fourth-order valence-corrected chi connectivity index (χ4v) is 2.88. The minimum Gasteiger partial charge on any atom is -0.496 e. The SMILES string of the molecule is COc1ccccc1CCN1CCCC(NC(C)C)C1=O. The molecule has 116 valence electrons. The molecule has 0 spiro atoms. The third kappa shape index (κ3) is 4.21. The highest BCUT2D eigenvalue weighted by Crippen LogP contribution is 2.19. The topological polar surface area (TPSA) is 41.6 Å². The Labute approximate surface area is 127 Å². The largest absolute Gasteiger partial charge is 0.496 e. The van der Waals surface area contributed by atoms with Gasteiger partial charge in [-0.1, -0.05) is 32.0 Å². The van der Waals surface area contributed by atoms with Crippen LogP contribution in [0.1, 0.15) is 32.3 Å². The van der Waals surface area contributed by atoms with Crippen molar-refractivity contribution in [3.05, 3.63) is 29.8 Å². The standard InChI is InChI=1S/C17H26N2O2/c1-13(2)18-15-8-6-11-19(17(15)20)12-10-14-7-4-5-9-16(14)21-3/h4-5,7,9,13,15,18H,6,8,10-12H2,1-3H3. The van der Waals surface area contributed by atoms with Crippen LogP contribution in [-0.4, -0.2) is 43.1 Å². The second-order valence-electron chi connectivity index (χ2n) is 5.90. The van der Waals surface area contributed by atoms with E-state index in [4.69, 9.17) is 4.74 Å². The highest BCUT2D eigenvalue weighted by Gasteiger charge is 2.28. The van der Waals surface area contributed by atoms with Crippen LogP contribution >= 0.6 is 0 Å². The van der Waals surface area contributed by atoms with Crippen molar-refractivity contribution in [1.29, 1.82) is 0 Å². The van der Waals surface area contributed by atoms with Gasteiger partial charge in [0.1, 0.15) is 5.75 Å². The molecule has 0 radical (unpaired) electrons. The maximum absolute atomic E-state index is 12.5. The van der Waals surface area contributed by atoms with Gasteiger partial charge in [-0.05, 0) is 30.9 Å². The number of ether oxygens (including phenoxy) is 1. The van der Waals surface area contributed by atoms with Gasteiger partial charge in [0, 0.05) is 19.1 Å². The molecule has 4 heteroatoms. The van der Waals surface area contributed by atoms with E-state index >= 15 is 0 Å². The van der Waals surface area contributed by atoms with E-state index in [2.05, 4.69) is 25.2 Å². The lowest BCUT2D eigenvalue weighted by Crippen LogP contribution is -2.52. The van der Waals surface area contributed by atoms with Gasteiger partial charge in [-0.2, -0.15) is 0 Å². The lowest BCUT2D eigenvalue weighted by atomic mass is 10.0. The lowest BCUT2D eigenvalue weighted by molar-refractivity contribution is -0.136. The van der Waals surface area contributed by atoms with Gasteiger partial charge < -0.3 is 15.0 Å². The summed E-state index contributed by atoms with van der Waals surface area (Å²) >= 11 is 0. The molecule has 4 nitrogen and oxygen atoms in total. The van der Waals surface area contributed by atoms with E-state index in [0.717, 1.165) is 43.7 Å². The smallest absolute Gasteiger partial charge is 0.239 e. The third-order valence-corrected chi connectivity index (χ3v) is 3.91. The van der Waals surface area contributed by atoms with Crippen molar-refractivity contribution in [2.75, 3.05) is 20.2 Å². The molecule has 1 aromatic carbocycles. The van der Waals surface area contributed by atoms with Crippen molar-refractivity contribution >= 4 is 5.91 Å². The molecule has 1 N–H and O–H groups in total. The second-order valence-corrected chi connectivity index (χ2v) is 5.90. The molecule has 1 aliphatic rings. The number of piperidine rings is 1. The van der Waals surface area contributed by atoms with Crippen LogP contribution in [0, 0.1) is 0 Å². The van der Waals surface area contributed by atoms with Crippen molar-refractivity contribution in [3.8, 4) is 5.75 Å². The predicted molar refractivity (Wildman–Crippen MR) is 84.6 cm³/mol. The Balaban J connectivity index is 1.94. The average molecular weight is 290 g/mol. The quantitative estimate of drug-likeness (QED) is 0.873. The van der Waals surface area contributed by atoms with Crippen LogP contribution in [0.4, 0.5) is 0 Å². The van der Waals surface area contributed by atoms with Crippen LogP contribution in [0.5, 0.6) is 5.75 Å². The Kier molecular flexibility index (Phi) is 5.62. The molecule has 1 atom stereocenters. The Morgan fingerprint density at radius 2 is 2.14 bits per heavy atom. The van der Waals surface area contributed by atoms with Crippen LogP contribution in [-0.2, 0) is 11.2 Å². The molecule has 1 amide bonds. The van der Waals surface area contributed by atoms with Crippen LogP contribution in [0.15, 0.2) is 24.3 Å². The Morgan fingerprint density at radius 3 is 2.86 bits per heavy atom. The van der Waals surface area contributed by atoms with Gasteiger partial charge in [0.25, 0.3) is 0 Å². The first-order valence-corrected chi connectivity index (χ1v) is 7.78. The Hall–Kier alpha value is -1.55. The maximum Gasteiger partial charge on any atom is 0.239 e. The van der Waals surface area contributed by atoms with E-state index in [1.807, 2.05) is 23.1 Å². The van der Waals surface area contributed by atoms with Crippen molar-refractivity contribution in [2.24, 2.45) is 0 Å². The molecular weight excluding hydrogens is 264 g/mol. The Morgan fingerprint density at radius 1 is 1.38 bits per heavy atom. The summed E-state index contributed by atoms with van der Waals surface area (Å²) in [4.78, 5) is 14.5. The normalized spacial score (nSPS) is 19.1. The molecule has 0 aromatic heterocycles. The molecule has 1 heterocycles.